The van der Waals surface area contributed by atoms with E-state index in [9.17, 15) is 27.9 Å². The molecule has 2 aromatic carbocycles. The van der Waals surface area contributed by atoms with Crippen LogP contribution in [0.5, 0.6) is 0 Å². The number of hydrogen-bond donors (Lipinski definition) is 2. The first kappa shape index (κ1) is 19.2. The largest absolute Gasteiger partial charge is 0.507 e. The lowest BCUT2D eigenvalue weighted by atomic mass is 10.1. The molecule has 3 rings (SSSR count). The summed E-state index contributed by atoms with van der Waals surface area (Å²) in [5.41, 5.74) is -0.688. The number of carbonyl (C=O) groups excluding carboxylic acids is 1. The number of alkyl halides is 3. The Labute approximate surface area is 155 Å². The van der Waals surface area contributed by atoms with Crippen molar-refractivity contribution in [1.29, 1.82) is 0 Å². The lowest BCUT2D eigenvalue weighted by molar-refractivity contribution is -0.137. The van der Waals surface area contributed by atoms with E-state index in [0.717, 1.165) is 30.3 Å². The lowest BCUT2D eigenvalue weighted by Crippen LogP contribution is -2.13. The average molecular weight is 390 g/mol. The number of halogens is 3. The van der Waals surface area contributed by atoms with E-state index < -0.39 is 29.0 Å². The number of aliphatic hydroxyl groups is 1. The van der Waals surface area contributed by atoms with Crippen LogP contribution in [0.1, 0.15) is 27.2 Å². The summed E-state index contributed by atoms with van der Waals surface area (Å²) in [7, 11) is 1.23. The maximum absolute atomic E-state index is 12.6. The molecular formula is C19H13F3N2O4. The first-order valence-corrected chi connectivity index (χ1v) is 7.90. The van der Waals surface area contributed by atoms with Gasteiger partial charge in [-0.2, -0.15) is 13.2 Å². The number of methoxy groups -OCH3 is 1. The fourth-order valence-corrected chi connectivity index (χ4v) is 2.49. The van der Waals surface area contributed by atoms with Crippen molar-refractivity contribution in [1.82, 2.24) is 9.97 Å². The van der Waals surface area contributed by atoms with Gasteiger partial charge >= 0.3 is 12.1 Å². The van der Waals surface area contributed by atoms with E-state index in [1.165, 1.54) is 25.3 Å². The molecule has 0 fully saturated rings. The first-order chi connectivity index (χ1) is 13.2. The number of hydrogen-bond acceptors (Lipinski definition) is 5. The zero-order valence-electron chi connectivity index (χ0n) is 14.4. The van der Waals surface area contributed by atoms with Gasteiger partial charge in [0.15, 0.2) is 0 Å². The average Bonchev–Trinajstić information content (AvgIpc) is 2.67. The van der Waals surface area contributed by atoms with Crippen LogP contribution in [0.4, 0.5) is 13.2 Å². The molecule has 1 heterocycles. The minimum Gasteiger partial charge on any atom is -0.507 e. The normalized spacial score (nSPS) is 12.2. The maximum Gasteiger partial charge on any atom is 0.416 e. The predicted molar refractivity (Wildman–Crippen MR) is 95.6 cm³/mol. The number of aromatic amines is 1. The summed E-state index contributed by atoms with van der Waals surface area (Å²) in [6.45, 7) is 0. The number of aromatic nitrogens is 2. The number of ether oxygens (including phenoxy) is 1. The molecule has 0 unspecified atom stereocenters. The van der Waals surface area contributed by atoms with Crippen molar-refractivity contribution in [2.75, 3.05) is 7.11 Å². The van der Waals surface area contributed by atoms with Crippen molar-refractivity contribution in [2.45, 2.75) is 6.18 Å². The number of aliphatic hydroxyl groups excluding tert-OH is 1. The van der Waals surface area contributed by atoms with Gasteiger partial charge in [0.2, 0.25) is 0 Å². The second-order valence-corrected chi connectivity index (χ2v) is 5.78. The summed E-state index contributed by atoms with van der Waals surface area (Å²) in [6.07, 6.45) is -3.44. The maximum atomic E-state index is 12.6. The fourth-order valence-electron chi connectivity index (χ4n) is 2.49. The van der Waals surface area contributed by atoms with E-state index >= 15 is 0 Å². The number of rotatable bonds is 3. The van der Waals surface area contributed by atoms with Crippen LogP contribution >= 0.6 is 0 Å². The topological polar surface area (TPSA) is 92.3 Å². The Hall–Kier alpha value is -3.62. The van der Waals surface area contributed by atoms with Crippen LogP contribution in [0.15, 0.2) is 47.3 Å². The highest BCUT2D eigenvalue weighted by atomic mass is 19.4. The van der Waals surface area contributed by atoms with Gasteiger partial charge in [0.1, 0.15) is 11.5 Å². The highest BCUT2D eigenvalue weighted by Crippen LogP contribution is 2.30. The molecule has 0 saturated carbocycles. The third-order valence-corrected chi connectivity index (χ3v) is 3.92. The van der Waals surface area contributed by atoms with Gasteiger partial charge in [-0.3, -0.25) is 4.79 Å². The first-order valence-electron chi connectivity index (χ1n) is 7.90. The molecule has 0 atom stereocenters. The smallest absolute Gasteiger partial charge is 0.416 e. The summed E-state index contributed by atoms with van der Waals surface area (Å²) in [4.78, 5) is 30.4. The number of fused-ring (bicyclic) bond motifs is 1. The monoisotopic (exact) mass is 390 g/mol. The van der Waals surface area contributed by atoms with Crippen LogP contribution in [-0.4, -0.2) is 28.2 Å². The summed E-state index contributed by atoms with van der Waals surface area (Å²) in [5.74, 6) is -0.996. The molecule has 28 heavy (non-hydrogen) atoms. The molecular weight excluding hydrogens is 377 g/mol. The molecule has 0 radical (unpaired) electrons. The number of carbonyl (C=O) groups is 1. The number of benzene rings is 2. The predicted octanol–water partition coefficient (Wildman–Crippen LogP) is 3.78. The van der Waals surface area contributed by atoms with E-state index in [1.807, 2.05) is 0 Å². The van der Waals surface area contributed by atoms with Gasteiger partial charge in [-0.15, -0.1) is 0 Å². The second-order valence-electron chi connectivity index (χ2n) is 5.78. The van der Waals surface area contributed by atoms with Crippen molar-refractivity contribution in [3.8, 4) is 0 Å². The third-order valence-electron chi connectivity index (χ3n) is 3.92. The molecule has 6 nitrogen and oxygen atoms in total. The fraction of sp³-hybridized carbons (Fsp3) is 0.105. The minimum absolute atomic E-state index is 0.0929. The molecule has 144 valence electrons. The van der Waals surface area contributed by atoms with Crippen molar-refractivity contribution >= 4 is 28.8 Å². The Bertz CT molecular complexity index is 1130. The third kappa shape index (κ3) is 3.88. The van der Waals surface area contributed by atoms with Crippen molar-refractivity contribution in [3.63, 3.8) is 0 Å². The Balaban J connectivity index is 1.97. The van der Waals surface area contributed by atoms with E-state index in [2.05, 4.69) is 14.7 Å². The van der Waals surface area contributed by atoms with Gasteiger partial charge in [-0.25, -0.2) is 9.78 Å². The minimum atomic E-state index is -4.49. The molecule has 1 aromatic heterocycles. The van der Waals surface area contributed by atoms with Crippen LogP contribution in [0.2, 0.25) is 0 Å². The van der Waals surface area contributed by atoms with E-state index in [-0.39, 0.29) is 16.8 Å². The van der Waals surface area contributed by atoms with Crippen LogP contribution < -0.4 is 5.56 Å². The van der Waals surface area contributed by atoms with Gasteiger partial charge in [0.05, 0.1) is 29.3 Å². The Kier molecular flexibility index (Phi) is 4.91. The number of H-pyrrole nitrogens is 1. The Morgan fingerprint density at radius 3 is 2.39 bits per heavy atom. The molecule has 0 spiro atoms. The molecule has 0 aliphatic rings. The molecule has 3 aromatic rings. The Morgan fingerprint density at radius 2 is 1.79 bits per heavy atom. The highest BCUT2D eigenvalue weighted by molar-refractivity contribution is 5.93. The van der Waals surface area contributed by atoms with Crippen LogP contribution in [-0.2, 0) is 10.9 Å². The summed E-state index contributed by atoms with van der Waals surface area (Å²) in [6, 6.07) is 8.18. The molecule has 0 aliphatic carbocycles. The van der Waals surface area contributed by atoms with Gasteiger partial charge in [0.25, 0.3) is 5.56 Å². The number of nitrogens with zero attached hydrogens (tertiary/aromatic N) is 1. The standard InChI is InChI=1S/C19H13F3N2O4/c1-28-18(27)11-4-7-13-14(8-11)24-17(26)15(23-13)9-16(25)10-2-5-12(6-3-10)19(20,21)22/h2-9,25H,1H3,(H,24,26)/b16-9+. The number of esters is 1. The van der Waals surface area contributed by atoms with Crippen LogP contribution in [0.3, 0.4) is 0 Å². The highest BCUT2D eigenvalue weighted by Gasteiger charge is 2.30. The van der Waals surface area contributed by atoms with Gasteiger partial charge in [0, 0.05) is 11.6 Å². The van der Waals surface area contributed by atoms with Crippen molar-refractivity contribution < 1.29 is 27.8 Å². The number of nitrogens with one attached hydrogen (secondary N) is 1. The lowest BCUT2D eigenvalue weighted by Gasteiger charge is -2.07. The molecule has 0 amide bonds. The molecule has 0 saturated heterocycles. The summed E-state index contributed by atoms with van der Waals surface area (Å²) in [5, 5.41) is 10.1. The molecule has 0 bridgehead atoms. The van der Waals surface area contributed by atoms with E-state index in [0.29, 0.717) is 11.0 Å². The van der Waals surface area contributed by atoms with Crippen molar-refractivity contribution in [3.05, 3.63) is 75.2 Å². The SMILES string of the molecule is COC(=O)c1ccc2nc(/C=C(/O)c3ccc(C(F)(F)F)cc3)c(=O)[nH]c2c1. The van der Waals surface area contributed by atoms with Gasteiger partial charge in [-0.1, -0.05) is 12.1 Å². The molecule has 2 N–H and O–H groups in total. The van der Waals surface area contributed by atoms with Crippen LogP contribution in [0.25, 0.3) is 22.9 Å². The zero-order valence-corrected chi connectivity index (χ0v) is 14.4. The summed E-state index contributed by atoms with van der Waals surface area (Å²) >= 11 is 0. The molecule has 0 aliphatic heterocycles. The Morgan fingerprint density at radius 1 is 1.14 bits per heavy atom. The zero-order chi connectivity index (χ0) is 20.5. The van der Waals surface area contributed by atoms with Gasteiger partial charge < -0.3 is 14.8 Å². The van der Waals surface area contributed by atoms with Crippen LogP contribution in [0, 0.1) is 0 Å². The van der Waals surface area contributed by atoms with Crippen molar-refractivity contribution in [2.24, 2.45) is 0 Å². The van der Waals surface area contributed by atoms with E-state index in [1.54, 1.807) is 0 Å². The molecule has 9 heteroatoms. The second kappa shape index (κ2) is 7.18. The van der Waals surface area contributed by atoms with E-state index in [4.69, 9.17) is 0 Å². The summed E-state index contributed by atoms with van der Waals surface area (Å²) < 4.78 is 42.4. The van der Waals surface area contributed by atoms with Gasteiger partial charge in [-0.05, 0) is 30.3 Å². The quantitative estimate of drug-likeness (QED) is 0.525.